The van der Waals surface area contributed by atoms with E-state index in [1.54, 1.807) is 0 Å². The highest BCUT2D eigenvalue weighted by molar-refractivity contribution is 6.04. The van der Waals surface area contributed by atoms with Crippen LogP contribution in [0.5, 0.6) is 0 Å². The molecule has 1 rings (SSSR count). The summed E-state index contributed by atoms with van der Waals surface area (Å²) in [7, 11) is 0. The van der Waals surface area contributed by atoms with Crippen molar-refractivity contribution < 1.29 is 0 Å². The Kier molecular flexibility index (Phi) is 6.25. The summed E-state index contributed by atoms with van der Waals surface area (Å²) in [5, 5.41) is 0. The lowest BCUT2D eigenvalue weighted by molar-refractivity contribution is 0.505. The molecule has 0 fully saturated rings. The third-order valence-corrected chi connectivity index (χ3v) is 3.43. The average Bonchev–Trinajstić information content (AvgIpc) is 2.43. The molecule has 1 aromatic rings. The Hall–Kier alpha value is -1.81. The van der Waals surface area contributed by atoms with Gasteiger partial charge in [0.1, 0.15) is 0 Å². The topological polar surface area (TPSA) is 12.4 Å². The van der Waals surface area contributed by atoms with Crippen LogP contribution in [0.4, 0.5) is 0 Å². The summed E-state index contributed by atoms with van der Waals surface area (Å²) in [6.07, 6.45) is 1.96. The first-order valence-corrected chi connectivity index (χ1v) is 7.22. The van der Waals surface area contributed by atoms with Crippen molar-refractivity contribution in [3.8, 4) is 11.8 Å². The zero-order valence-electron chi connectivity index (χ0n) is 13.2. The van der Waals surface area contributed by atoms with Crippen molar-refractivity contribution in [3.05, 3.63) is 48.0 Å². The van der Waals surface area contributed by atoms with Crippen LogP contribution in [0.25, 0.3) is 0 Å². The lowest BCUT2D eigenvalue weighted by atomic mass is 9.84. The maximum absolute atomic E-state index is 4.70. The zero-order valence-corrected chi connectivity index (χ0v) is 13.2. The Labute approximate surface area is 123 Å². The molecule has 0 saturated carbocycles. The maximum Gasteiger partial charge on any atom is 0.0903 e. The second kappa shape index (κ2) is 7.70. The molecule has 20 heavy (non-hydrogen) atoms. The van der Waals surface area contributed by atoms with Crippen LogP contribution in [-0.2, 0) is 0 Å². The van der Waals surface area contributed by atoms with Gasteiger partial charge >= 0.3 is 0 Å². The Morgan fingerprint density at radius 2 is 1.90 bits per heavy atom. The Morgan fingerprint density at radius 1 is 1.25 bits per heavy atom. The first-order chi connectivity index (χ1) is 9.45. The summed E-state index contributed by atoms with van der Waals surface area (Å²) >= 11 is 0. The molecule has 0 radical (unpaired) electrons. The normalized spacial score (nSPS) is 11.7. The molecule has 1 nitrogen and oxygen atoms in total. The maximum atomic E-state index is 4.70. The molecule has 0 spiro atoms. The van der Waals surface area contributed by atoms with Gasteiger partial charge in [-0.2, -0.15) is 0 Å². The van der Waals surface area contributed by atoms with Crippen LogP contribution in [0.2, 0.25) is 0 Å². The molecule has 0 unspecified atom stereocenters. The second-order valence-electron chi connectivity index (χ2n) is 5.79. The van der Waals surface area contributed by atoms with Crippen molar-refractivity contribution >= 4 is 5.71 Å². The van der Waals surface area contributed by atoms with Gasteiger partial charge in [0.05, 0.1) is 5.71 Å². The van der Waals surface area contributed by atoms with E-state index in [2.05, 4.69) is 39.2 Å². The average molecular weight is 267 g/mol. The van der Waals surface area contributed by atoms with Gasteiger partial charge in [0.25, 0.3) is 0 Å². The third kappa shape index (κ3) is 5.45. The Morgan fingerprint density at radius 3 is 2.45 bits per heavy atom. The van der Waals surface area contributed by atoms with E-state index >= 15 is 0 Å². The summed E-state index contributed by atoms with van der Waals surface area (Å²) in [6, 6.07) is 10.1. The summed E-state index contributed by atoms with van der Waals surface area (Å²) in [6.45, 7) is 13.3. The van der Waals surface area contributed by atoms with Gasteiger partial charge in [-0.3, -0.25) is 4.99 Å². The number of hydrogen-bond acceptors (Lipinski definition) is 1. The summed E-state index contributed by atoms with van der Waals surface area (Å²) in [5.41, 5.74) is 3.21. The fraction of sp³-hybridized carbons (Fsp3) is 0.421. The Balaban J connectivity index is 2.95. The highest BCUT2D eigenvalue weighted by Crippen LogP contribution is 2.22. The molecule has 0 aliphatic carbocycles. The number of aliphatic imine (C=N–C) groups is 1. The zero-order chi connectivity index (χ0) is 15.0. The van der Waals surface area contributed by atoms with Crippen LogP contribution in [0, 0.1) is 17.3 Å². The number of benzene rings is 1. The molecule has 1 heteroatoms. The van der Waals surface area contributed by atoms with Gasteiger partial charge < -0.3 is 0 Å². The minimum atomic E-state index is 0.0247. The highest BCUT2D eigenvalue weighted by atomic mass is 14.7. The van der Waals surface area contributed by atoms with Crippen molar-refractivity contribution in [3.63, 3.8) is 0 Å². The first kappa shape index (κ1) is 16.2. The van der Waals surface area contributed by atoms with E-state index in [4.69, 9.17) is 4.99 Å². The number of nitrogens with zero attached hydrogens (tertiary/aromatic N) is 1. The highest BCUT2D eigenvalue weighted by Gasteiger charge is 2.21. The van der Waals surface area contributed by atoms with Crippen molar-refractivity contribution in [2.24, 2.45) is 10.4 Å². The van der Waals surface area contributed by atoms with Gasteiger partial charge in [0, 0.05) is 17.5 Å². The smallest absolute Gasteiger partial charge is 0.0903 e. The van der Waals surface area contributed by atoms with Gasteiger partial charge in [0.15, 0.2) is 0 Å². The molecular weight excluding hydrogens is 242 g/mol. The molecule has 0 saturated heterocycles. The van der Waals surface area contributed by atoms with E-state index in [9.17, 15) is 0 Å². The minimum Gasteiger partial charge on any atom is -0.280 e. The molecule has 0 heterocycles. The van der Waals surface area contributed by atoms with Crippen LogP contribution < -0.4 is 0 Å². The number of rotatable bonds is 5. The van der Waals surface area contributed by atoms with Crippen LogP contribution in [0.1, 0.15) is 46.1 Å². The predicted octanol–water partition coefficient (Wildman–Crippen LogP) is 4.88. The molecule has 0 aliphatic rings. The number of hydrogen-bond donors (Lipinski definition) is 0. The molecule has 0 aliphatic heterocycles. The monoisotopic (exact) mass is 267 g/mol. The lowest BCUT2D eigenvalue weighted by Gasteiger charge is -2.21. The fourth-order valence-electron chi connectivity index (χ4n) is 1.60. The van der Waals surface area contributed by atoms with Crippen LogP contribution >= 0.6 is 0 Å². The van der Waals surface area contributed by atoms with Gasteiger partial charge in [-0.05, 0) is 37.8 Å². The molecule has 106 valence electrons. The predicted molar refractivity (Wildman–Crippen MR) is 89.1 cm³/mol. The van der Waals surface area contributed by atoms with Crippen molar-refractivity contribution in [1.82, 2.24) is 0 Å². The van der Waals surface area contributed by atoms with Gasteiger partial charge in [-0.25, -0.2) is 0 Å². The van der Waals surface area contributed by atoms with Crippen LogP contribution in [0.3, 0.4) is 0 Å². The molecule has 0 bridgehead atoms. The third-order valence-electron chi connectivity index (χ3n) is 3.43. The van der Waals surface area contributed by atoms with Crippen LogP contribution in [-0.4, -0.2) is 12.3 Å². The van der Waals surface area contributed by atoms with E-state index < -0.39 is 0 Å². The Bertz CT molecular complexity index is 524. The van der Waals surface area contributed by atoms with Crippen molar-refractivity contribution in [1.29, 1.82) is 0 Å². The quantitative estimate of drug-likeness (QED) is 0.409. The second-order valence-corrected chi connectivity index (χ2v) is 5.79. The largest absolute Gasteiger partial charge is 0.280 e. The van der Waals surface area contributed by atoms with Crippen LogP contribution in [0.15, 0.2) is 47.5 Å². The molecule has 0 amide bonds. The van der Waals surface area contributed by atoms with E-state index in [0.29, 0.717) is 0 Å². The molecular formula is C19H25N. The molecule has 0 atom stereocenters. The van der Waals surface area contributed by atoms with Gasteiger partial charge in [-0.1, -0.05) is 50.5 Å². The first-order valence-electron chi connectivity index (χ1n) is 7.22. The summed E-state index contributed by atoms with van der Waals surface area (Å²) in [5.74, 6) is 6.49. The van der Waals surface area contributed by atoms with E-state index in [1.165, 1.54) is 5.57 Å². The minimum absolute atomic E-state index is 0.0247. The molecule has 0 aromatic heterocycles. The van der Waals surface area contributed by atoms with E-state index in [-0.39, 0.29) is 5.41 Å². The van der Waals surface area contributed by atoms with E-state index in [0.717, 1.165) is 30.7 Å². The molecule has 1 aromatic carbocycles. The van der Waals surface area contributed by atoms with E-state index in [1.807, 2.05) is 37.3 Å². The summed E-state index contributed by atoms with van der Waals surface area (Å²) < 4.78 is 0. The van der Waals surface area contributed by atoms with Gasteiger partial charge in [-0.15, -0.1) is 6.58 Å². The summed E-state index contributed by atoms with van der Waals surface area (Å²) in [4.78, 5) is 4.70. The van der Waals surface area contributed by atoms with Crippen molar-refractivity contribution in [2.75, 3.05) is 6.54 Å². The lowest BCUT2D eigenvalue weighted by Crippen LogP contribution is -2.22. The van der Waals surface area contributed by atoms with Gasteiger partial charge in [0.2, 0.25) is 0 Å². The fourth-order valence-corrected chi connectivity index (χ4v) is 1.60. The standard InChI is InChI=1S/C19H25N/c1-6-19(4,5)18(20-15-14-16(2)3)13-12-17-10-8-7-9-11-17/h7-11H,2,6,14-15H2,1,3-5H3/b20-18+. The SMILES string of the molecule is C=C(C)CC/N=C(\C#Cc1ccccc1)C(C)(C)CC. The molecule has 0 N–H and O–H groups in total. The van der Waals surface area contributed by atoms with Crippen molar-refractivity contribution in [2.45, 2.75) is 40.5 Å².